The summed E-state index contributed by atoms with van der Waals surface area (Å²) in [4.78, 5) is 18.1. The van der Waals surface area contributed by atoms with Crippen LogP contribution in [0.5, 0.6) is 0 Å². The summed E-state index contributed by atoms with van der Waals surface area (Å²) in [6.45, 7) is 0. The Morgan fingerprint density at radius 2 is 0.857 bits per heavy atom. The Bertz CT molecular complexity index is 1230. The third-order valence-corrected chi connectivity index (χ3v) is 5.09. The molecule has 5 aromatic rings. The van der Waals surface area contributed by atoms with Crippen LogP contribution in [-0.4, -0.2) is 19.9 Å². The minimum atomic E-state index is 0.439. The molecule has 0 bridgehead atoms. The van der Waals surface area contributed by atoms with Crippen LogP contribution in [-0.2, 0) is 0 Å². The maximum absolute atomic E-state index is 6.33. The van der Waals surface area contributed by atoms with E-state index in [1.807, 2.05) is 72.8 Å². The van der Waals surface area contributed by atoms with Crippen molar-refractivity contribution < 1.29 is 0 Å². The van der Waals surface area contributed by atoms with Crippen LogP contribution in [0.4, 0.5) is 0 Å². The molecule has 0 amide bonds. The zero-order chi connectivity index (χ0) is 19.1. The predicted molar refractivity (Wildman–Crippen MR) is 114 cm³/mol. The summed E-state index contributed by atoms with van der Waals surface area (Å²) in [5.41, 5.74) is 3.35. The lowest BCUT2D eigenvalue weighted by Gasteiger charge is -2.07. The van der Waals surface area contributed by atoms with Crippen LogP contribution in [0, 0.1) is 0 Å². The first-order valence-electron chi connectivity index (χ1n) is 8.64. The van der Waals surface area contributed by atoms with Gasteiger partial charge in [0.15, 0.2) is 11.6 Å². The van der Waals surface area contributed by atoms with Crippen LogP contribution in [0.1, 0.15) is 0 Å². The number of benzene rings is 3. The number of para-hydroxylation sites is 2. The number of rotatable bonds is 2. The Balaban J connectivity index is 1.56. The highest BCUT2D eigenvalue weighted by molar-refractivity contribution is 6.34. The Morgan fingerprint density at radius 1 is 0.464 bits per heavy atom. The van der Waals surface area contributed by atoms with E-state index in [9.17, 15) is 0 Å². The van der Waals surface area contributed by atoms with Crippen LogP contribution < -0.4 is 0 Å². The van der Waals surface area contributed by atoms with Gasteiger partial charge in [-0.15, -0.1) is 0 Å². The number of halogens is 2. The monoisotopic (exact) mass is 402 g/mol. The first kappa shape index (κ1) is 17.0. The summed E-state index contributed by atoms with van der Waals surface area (Å²) in [6.07, 6.45) is 0. The highest BCUT2D eigenvalue weighted by atomic mass is 35.5. The van der Waals surface area contributed by atoms with Crippen LogP contribution in [0.15, 0.2) is 72.8 Å². The fourth-order valence-electron chi connectivity index (χ4n) is 3.10. The molecule has 0 fully saturated rings. The number of aromatic nitrogens is 4. The molecule has 0 aliphatic heterocycles. The lowest BCUT2D eigenvalue weighted by molar-refractivity contribution is 1.21. The molecular weight excluding hydrogens is 391 g/mol. The van der Waals surface area contributed by atoms with E-state index in [2.05, 4.69) is 19.9 Å². The smallest absolute Gasteiger partial charge is 0.161 e. The molecule has 0 aliphatic carbocycles. The van der Waals surface area contributed by atoms with E-state index in [-0.39, 0.29) is 0 Å². The molecule has 0 saturated heterocycles. The van der Waals surface area contributed by atoms with Gasteiger partial charge < -0.3 is 0 Å². The summed E-state index contributed by atoms with van der Waals surface area (Å²) < 4.78 is 0. The molecule has 5 rings (SSSR count). The predicted octanol–water partition coefficient (Wildman–Crippen LogP) is 6.21. The molecule has 0 saturated carbocycles. The third-order valence-electron chi connectivity index (χ3n) is 4.51. The Labute approximate surface area is 170 Å². The lowest BCUT2D eigenvalue weighted by Crippen LogP contribution is -1.94. The first-order valence-corrected chi connectivity index (χ1v) is 9.40. The van der Waals surface area contributed by atoms with Gasteiger partial charge in [0.1, 0.15) is 10.3 Å². The van der Waals surface area contributed by atoms with E-state index in [0.29, 0.717) is 22.0 Å². The minimum Gasteiger partial charge on any atom is -0.228 e. The molecule has 0 aliphatic rings. The largest absolute Gasteiger partial charge is 0.228 e. The third kappa shape index (κ3) is 2.97. The van der Waals surface area contributed by atoms with Crippen molar-refractivity contribution in [2.45, 2.75) is 0 Å². The quantitative estimate of drug-likeness (QED) is 0.329. The molecule has 2 heterocycles. The molecule has 3 aromatic carbocycles. The maximum Gasteiger partial charge on any atom is 0.161 e. The van der Waals surface area contributed by atoms with Gasteiger partial charge in [-0.25, -0.2) is 19.9 Å². The van der Waals surface area contributed by atoms with Gasteiger partial charge in [0, 0.05) is 21.9 Å². The van der Waals surface area contributed by atoms with Crippen molar-refractivity contribution in [3.8, 4) is 22.8 Å². The molecule has 0 N–H and O–H groups in total. The van der Waals surface area contributed by atoms with Gasteiger partial charge in [-0.1, -0.05) is 71.7 Å². The second kappa shape index (κ2) is 6.82. The molecular formula is C22H12Cl2N4. The van der Waals surface area contributed by atoms with E-state index in [4.69, 9.17) is 23.2 Å². The minimum absolute atomic E-state index is 0.439. The maximum atomic E-state index is 6.33. The molecule has 6 heteroatoms. The SMILES string of the molecule is Clc1nc(-c2ccc(-c3nc(Cl)c4ccccc4n3)cc2)nc2ccccc12. The highest BCUT2D eigenvalue weighted by Gasteiger charge is 2.10. The molecule has 0 radical (unpaired) electrons. The highest BCUT2D eigenvalue weighted by Crippen LogP contribution is 2.28. The van der Waals surface area contributed by atoms with Gasteiger partial charge in [0.25, 0.3) is 0 Å². The Morgan fingerprint density at radius 3 is 1.29 bits per heavy atom. The van der Waals surface area contributed by atoms with Gasteiger partial charge in [0.05, 0.1) is 11.0 Å². The summed E-state index contributed by atoms with van der Waals surface area (Å²) in [5.74, 6) is 1.15. The van der Waals surface area contributed by atoms with Gasteiger partial charge in [0.2, 0.25) is 0 Å². The number of nitrogens with zero attached hydrogens (tertiary/aromatic N) is 4. The van der Waals surface area contributed by atoms with Crippen molar-refractivity contribution in [1.29, 1.82) is 0 Å². The average Bonchev–Trinajstić information content (AvgIpc) is 2.74. The first-order chi connectivity index (χ1) is 13.7. The van der Waals surface area contributed by atoms with Crippen LogP contribution >= 0.6 is 23.2 Å². The van der Waals surface area contributed by atoms with E-state index < -0.39 is 0 Å². The zero-order valence-corrected chi connectivity index (χ0v) is 16.0. The molecule has 4 nitrogen and oxygen atoms in total. The molecule has 2 aromatic heterocycles. The summed E-state index contributed by atoms with van der Waals surface area (Å²) in [5, 5.41) is 2.55. The number of fused-ring (bicyclic) bond motifs is 2. The number of hydrogen-bond acceptors (Lipinski definition) is 4. The van der Waals surface area contributed by atoms with Crippen molar-refractivity contribution in [1.82, 2.24) is 19.9 Å². The summed E-state index contributed by atoms with van der Waals surface area (Å²) in [7, 11) is 0. The number of hydrogen-bond donors (Lipinski definition) is 0. The lowest BCUT2D eigenvalue weighted by atomic mass is 10.1. The van der Waals surface area contributed by atoms with Crippen LogP contribution in [0.2, 0.25) is 10.3 Å². The van der Waals surface area contributed by atoms with E-state index in [0.717, 1.165) is 32.9 Å². The van der Waals surface area contributed by atoms with Crippen LogP contribution in [0.25, 0.3) is 44.6 Å². The van der Waals surface area contributed by atoms with E-state index in [1.54, 1.807) is 0 Å². The fourth-order valence-corrected chi connectivity index (χ4v) is 3.58. The molecule has 0 spiro atoms. The van der Waals surface area contributed by atoms with Crippen molar-refractivity contribution in [3.63, 3.8) is 0 Å². The zero-order valence-electron chi connectivity index (χ0n) is 14.5. The van der Waals surface area contributed by atoms with Crippen LogP contribution in [0.3, 0.4) is 0 Å². The van der Waals surface area contributed by atoms with E-state index >= 15 is 0 Å². The molecule has 134 valence electrons. The van der Waals surface area contributed by atoms with Crippen molar-refractivity contribution in [2.24, 2.45) is 0 Å². The van der Waals surface area contributed by atoms with Gasteiger partial charge in [-0.05, 0) is 24.3 Å². The molecule has 28 heavy (non-hydrogen) atoms. The Hall–Kier alpha value is -3.08. The van der Waals surface area contributed by atoms with Gasteiger partial charge in [-0.3, -0.25) is 0 Å². The van der Waals surface area contributed by atoms with Crippen molar-refractivity contribution in [2.75, 3.05) is 0 Å². The van der Waals surface area contributed by atoms with Crippen molar-refractivity contribution >= 4 is 45.0 Å². The average molecular weight is 403 g/mol. The van der Waals surface area contributed by atoms with Gasteiger partial charge >= 0.3 is 0 Å². The topological polar surface area (TPSA) is 51.6 Å². The second-order valence-electron chi connectivity index (χ2n) is 6.29. The summed E-state index contributed by atoms with van der Waals surface area (Å²) >= 11 is 12.7. The molecule has 0 unspecified atom stereocenters. The van der Waals surface area contributed by atoms with E-state index in [1.165, 1.54) is 0 Å². The Kier molecular flexibility index (Phi) is 4.15. The molecule has 0 atom stereocenters. The standard InChI is InChI=1S/C22H12Cl2N4/c23-19-15-5-1-3-7-17(15)25-21(27-19)13-9-11-14(12-10-13)22-26-18-8-4-2-6-16(18)20(24)28-22/h1-12H. The van der Waals surface area contributed by atoms with Crippen molar-refractivity contribution in [3.05, 3.63) is 83.1 Å². The second-order valence-corrected chi connectivity index (χ2v) is 7.00. The normalized spacial score (nSPS) is 11.2. The summed E-state index contributed by atoms with van der Waals surface area (Å²) in [6, 6.07) is 23.1. The fraction of sp³-hybridized carbons (Fsp3) is 0. The van der Waals surface area contributed by atoms with Gasteiger partial charge in [-0.2, -0.15) is 0 Å².